The van der Waals surface area contributed by atoms with Crippen LogP contribution in [0, 0.1) is 0 Å². The molecular formula is C13H20N2O4S2. The molecule has 0 aromatic rings. The van der Waals surface area contributed by atoms with Gasteiger partial charge in [-0.3, -0.25) is 9.59 Å². The van der Waals surface area contributed by atoms with Crippen molar-refractivity contribution in [3.63, 3.8) is 0 Å². The van der Waals surface area contributed by atoms with Gasteiger partial charge < -0.3 is 15.3 Å². The number of fused-ring (bicyclic) bond motifs is 1. The van der Waals surface area contributed by atoms with Crippen LogP contribution in [-0.4, -0.2) is 61.5 Å². The van der Waals surface area contributed by atoms with E-state index < -0.39 is 22.8 Å². The van der Waals surface area contributed by atoms with Crippen molar-refractivity contribution >= 4 is 41.3 Å². The topological polar surface area (TPSA) is 86.7 Å². The van der Waals surface area contributed by atoms with Crippen molar-refractivity contribution in [2.24, 2.45) is 0 Å². The average Bonchev–Trinajstić information content (AvgIpc) is 2.65. The molecule has 0 aromatic heterocycles. The highest BCUT2D eigenvalue weighted by Gasteiger charge is 2.64. The van der Waals surface area contributed by atoms with Crippen LogP contribution in [0.15, 0.2) is 0 Å². The molecule has 0 aromatic carbocycles. The van der Waals surface area contributed by atoms with Gasteiger partial charge >= 0.3 is 5.97 Å². The number of hydrogen-bond donors (Lipinski definition) is 2. The number of nitrogens with one attached hydrogen (secondary N) is 1. The first-order chi connectivity index (χ1) is 9.79. The molecular weight excluding hydrogens is 312 g/mol. The highest BCUT2D eigenvalue weighted by atomic mass is 32.2. The van der Waals surface area contributed by atoms with Crippen molar-refractivity contribution in [2.45, 2.75) is 49.4 Å². The molecule has 0 radical (unpaired) electrons. The summed E-state index contributed by atoms with van der Waals surface area (Å²) in [5, 5.41) is 11.8. The number of hydrogen-bond acceptors (Lipinski definition) is 5. The monoisotopic (exact) mass is 332 g/mol. The molecule has 8 heteroatoms. The fraction of sp³-hybridized carbons (Fsp3) is 0.769. The molecule has 1 unspecified atom stereocenters. The molecule has 0 spiro atoms. The van der Waals surface area contributed by atoms with E-state index >= 15 is 0 Å². The Morgan fingerprint density at radius 2 is 2.14 bits per heavy atom. The zero-order valence-corrected chi connectivity index (χ0v) is 13.9. The first-order valence-electron chi connectivity index (χ1n) is 6.89. The molecule has 0 aliphatic carbocycles. The largest absolute Gasteiger partial charge is 0.480 e. The van der Waals surface area contributed by atoms with Crippen LogP contribution in [0.5, 0.6) is 0 Å². The molecule has 2 heterocycles. The summed E-state index contributed by atoms with van der Waals surface area (Å²) < 4.78 is -0.553. The second kappa shape index (κ2) is 6.08. The second-order valence-electron chi connectivity index (χ2n) is 5.70. The van der Waals surface area contributed by atoms with E-state index in [2.05, 4.69) is 5.32 Å². The van der Waals surface area contributed by atoms with Gasteiger partial charge in [0.25, 0.3) is 0 Å². The minimum Gasteiger partial charge on any atom is -0.480 e. The van der Waals surface area contributed by atoms with Crippen molar-refractivity contribution in [3.8, 4) is 0 Å². The molecule has 2 rings (SSSR count). The van der Waals surface area contributed by atoms with Crippen LogP contribution >= 0.6 is 23.5 Å². The average molecular weight is 332 g/mol. The molecule has 21 heavy (non-hydrogen) atoms. The fourth-order valence-electron chi connectivity index (χ4n) is 2.67. The van der Waals surface area contributed by atoms with Gasteiger partial charge in [0.05, 0.1) is 5.75 Å². The third-order valence-electron chi connectivity index (χ3n) is 3.57. The highest BCUT2D eigenvalue weighted by molar-refractivity contribution is 8.01. The Hall–Kier alpha value is -0.890. The van der Waals surface area contributed by atoms with E-state index in [1.807, 2.05) is 20.8 Å². The summed E-state index contributed by atoms with van der Waals surface area (Å²) in [6.07, 6.45) is 1.00. The van der Waals surface area contributed by atoms with Gasteiger partial charge in [-0.15, -0.1) is 11.8 Å². The van der Waals surface area contributed by atoms with Gasteiger partial charge in [-0.2, -0.15) is 11.8 Å². The van der Waals surface area contributed by atoms with E-state index in [0.717, 1.165) is 12.2 Å². The maximum Gasteiger partial charge on any atom is 0.327 e. The van der Waals surface area contributed by atoms with Gasteiger partial charge in [0, 0.05) is 4.75 Å². The van der Waals surface area contributed by atoms with Gasteiger partial charge in [-0.05, 0) is 26.0 Å². The minimum absolute atomic E-state index is 0.163. The van der Waals surface area contributed by atoms with Crippen LogP contribution in [0.1, 0.15) is 27.2 Å². The second-order valence-corrected chi connectivity index (χ2v) is 8.57. The standard InChI is InChI=1S/C13H20N2O4S2/c1-4-5-20-6-7(16)14-8-10(17)15-9(12(18)19)13(2,3)21-11(8)15/h8-9,11H,4-6H2,1-3H3,(H,14,16)(H,18,19)/t8?,9-,11+/m0/s1. The van der Waals surface area contributed by atoms with Crippen molar-refractivity contribution in [1.82, 2.24) is 10.2 Å². The molecule has 2 aliphatic rings. The van der Waals surface area contributed by atoms with Crippen LogP contribution in [-0.2, 0) is 14.4 Å². The normalized spacial score (nSPS) is 29.8. The maximum atomic E-state index is 12.1. The Morgan fingerprint density at radius 1 is 1.48 bits per heavy atom. The number of carboxylic acid groups (broad SMARTS) is 1. The van der Waals surface area contributed by atoms with Crippen molar-refractivity contribution < 1.29 is 19.5 Å². The first-order valence-corrected chi connectivity index (χ1v) is 8.93. The van der Waals surface area contributed by atoms with Gasteiger partial charge in [0.1, 0.15) is 17.5 Å². The third kappa shape index (κ3) is 3.01. The Kier molecular flexibility index (Phi) is 4.77. The SMILES string of the molecule is CCCSCC(=O)NC1C(=O)N2[C@@H]1SC(C)(C)[C@@H]2C(=O)O. The number of carbonyl (C=O) groups is 3. The number of carbonyl (C=O) groups excluding carboxylic acids is 2. The van der Waals surface area contributed by atoms with E-state index in [1.54, 1.807) is 0 Å². The number of nitrogens with zero attached hydrogens (tertiary/aromatic N) is 1. The Morgan fingerprint density at radius 3 is 2.71 bits per heavy atom. The predicted molar refractivity (Wildman–Crippen MR) is 83.3 cm³/mol. The van der Waals surface area contributed by atoms with Crippen LogP contribution in [0.3, 0.4) is 0 Å². The summed E-state index contributed by atoms with van der Waals surface area (Å²) in [5.74, 6) is -0.208. The van der Waals surface area contributed by atoms with E-state index in [1.165, 1.54) is 28.4 Å². The summed E-state index contributed by atoms with van der Waals surface area (Å²) in [4.78, 5) is 36.7. The molecule has 3 atom stereocenters. The Labute approximate surface area is 132 Å². The molecule has 2 saturated heterocycles. The van der Waals surface area contributed by atoms with Gasteiger partial charge in [-0.1, -0.05) is 6.92 Å². The van der Waals surface area contributed by atoms with Gasteiger partial charge in [-0.25, -0.2) is 4.79 Å². The lowest BCUT2D eigenvalue weighted by Gasteiger charge is -2.43. The summed E-state index contributed by atoms with van der Waals surface area (Å²) in [5.41, 5.74) is 0. The summed E-state index contributed by atoms with van der Waals surface area (Å²) in [7, 11) is 0. The van der Waals surface area contributed by atoms with Crippen LogP contribution in [0.25, 0.3) is 0 Å². The summed E-state index contributed by atoms with van der Waals surface area (Å²) in [6, 6.07) is -1.42. The van der Waals surface area contributed by atoms with Crippen molar-refractivity contribution in [1.29, 1.82) is 0 Å². The molecule has 0 bridgehead atoms. The van der Waals surface area contributed by atoms with Crippen molar-refractivity contribution in [3.05, 3.63) is 0 Å². The zero-order chi connectivity index (χ0) is 15.8. The van der Waals surface area contributed by atoms with Gasteiger partial charge in [0.15, 0.2) is 0 Å². The van der Waals surface area contributed by atoms with E-state index in [0.29, 0.717) is 5.75 Å². The lowest BCUT2D eigenvalue weighted by atomic mass is 9.96. The van der Waals surface area contributed by atoms with Crippen LogP contribution in [0.2, 0.25) is 0 Å². The lowest BCUT2D eigenvalue weighted by Crippen LogP contribution is -2.70. The Bertz CT molecular complexity index is 469. The minimum atomic E-state index is -0.994. The summed E-state index contributed by atoms with van der Waals surface area (Å²) >= 11 is 2.97. The quantitative estimate of drug-likeness (QED) is 0.552. The number of carboxylic acids is 1. The maximum absolute atomic E-state index is 12.1. The molecule has 0 saturated carbocycles. The molecule has 2 fully saturated rings. The summed E-state index contributed by atoms with van der Waals surface area (Å²) in [6.45, 7) is 5.68. The predicted octanol–water partition coefficient (Wildman–Crippen LogP) is 0.761. The first kappa shape index (κ1) is 16.5. The number of aliphatic carboxylic acids is 1. The van der Waals surface area contributed by atoms with Crippen LogP contribution < -0.4 is 5.32 Å². The van der Waals surface area contributed by atoms with Gasteiger partial charge in [0.2, 0.25) is 11.8 Å². The number of amides is 2. The zero-order valence-electron chi connectivity index (χ0n) is 12.3. The third-order valence-corrected chi connectivity index (χ3v) is 6.31. The molecule has 2 aliphatic heterocycles. The van der Waals surface area contributed by atoms with E-state index in [-0.39, 0.29) is 17.2 Å². The molecule has 2 N–H and O–H groups in total. The van der Waals surface area contributed by atoms with Crippen molar-refractivity contribution in [2.75, 3.05) is 11.5 Å². The van der Waals surface area contributed by atoms with Crippen LogP contribution in [0.4, 0.5) is 0 Å². The molecule has 2 amide bonds. The molecule has 118 valence electrons. The number of rotatable bonds is 6. The smallest absolute Gasteiger partial charge is 0.327 e. The highest BCUT2D eigenvalue weighted by Crippen LogP contribution is 2.50. The molecule has 6 nitrogen and oxygen atoms in total. The van der Waals surface area contributed by atoms with E-state index in [9.17, 15) is 19.5 Å². The lowest BCUT2D eigenvalue weighted by molar-refractivity contribution is -0.160. The van der Waals surface area contributed by atoms with E-state index in [4.69, 9.17) is 0 Å². The fourth-order valence-corrected chi connectivity index (χ4v) is 5.00. The Balaban J connectivity index is 1.97. The number of β-lactam (4-membered cyclic amide) rings is 1. The number of thioether (sulfide) groups is 2.